The van der Waals surface area contributed by atoms with Gasteiger partial charge in [-0.1, -0.05) is 31.9 Å². The van der Waals surface area contributed by atoms with Gasteiger partial charge in [0.15, 0.2) is 6.29 Å². The first-order valence-corrected chi connectivity index (χ1v) is 12.8. The highest BCUT2D eigenvalue weighted by atomic mass is 16.7. The second-order valence-electron chi connectivity index (χ2n) is 12.0. The Morgan fingerprint density at radius 3 is 2.53 bits per heavy atom. The number of aliphatic carboxylic acids is 1. The summed E-state index contributed by atoms with van der Waals surface area (Å²) < 4.78 is 11.2. The van der Waals surface area contributed by atoms with Crippen LogP contribution in [0.25, 0.3) is 0 Å². The molecule has 0 unspecified atom stereocenters. The number of ether oxygens (including phenoxy) is 2. The number of fused-ring (bicyclic) bond motifs is 3. The lowest BCUT2D eigenvalue weighted by Gasteiger charge is -2.58. The third-order valence-electron chi connectivity index (χ3n) is 9.83. The minimum absolute atomic E-state index is 0.0175. The Hall–Kier alpha value is -1.03. The van der Waals surface area contributed by atoms with Crippen molar-refractivity contribution < 1.29 is 39.8 Å². The van der Waals surface area contributed by atoms with Crippen LogP contribution in [0.5, 0.6) is 0 Å². The van der Waals surface area contributed by atoms with Crippen molar-refractivity contribution in [2.24, 2.45) is 28.1 Å². The standard InChI is InChI=1S/C26H42O8/c1-24(11-12-33-22-21(30)20(29)19(28)17(14-27)34-22)10-7-16-15(13-24)5-6-18-25(16,2)8-4-9-26(18,3)23(31)32/h5,16-22,27-30H,4,6-14H2,1-3H3,(H,31,32)/t16-,17+,18+,19+,20-,21+,22-,24+,25+,26-/m0/s1. The molecule has 0 spiro atoms. The fourth-order valence-electron chi connectivity index (χ4n) is 7.57. The number of rotatable bonds is 6. The van der Waals surface area contributed by atoms with Crippen LogP contribution in [-0.2, 0) is 14.3 Å². The van der Waals surface area contributed by atoms with E-state index in [1.807, 2.05) is 6.92 Å². The van der Waals surface area contributed by atoms with E-state index in [4.69, 9.17) is 9.47 Å². The SMILES string of the molecule is C[C@]1(CCO[C@H]2O[C@H](CO)[C@@H](O)[C@H](O)[C@H]2O)CC[C@H]2C(=CC[C@@H]3[C@]2(C)CCC[C@]3(C)C(=O)O)C1. The predicted molar refractivity (Wildman–Crippen MR) is 124 cm³/mol. The van der Waals surface area contributed by atoms with Crippen molar-refractivity contribution in [2.75, 3.05) is 13.2 Å². The lowest BCUT2D eigenvalue weighted by Crippen LogP contribution is -2.59. The second-order valence-corrected chi connectivity index (χ2v) is 12.0. The first-order chi connectivity index (χ1) is 15.9. The van der Waals surface area contributed by atoms with Crippen molar-refractivity contribution in [3.63, 3.8) is 0 Å². The first kappa shape index (κ1) is 26.0. The van der Waals surface area contributed by atoms with E-state index in [1.54, 1.807) is 0 Å². The Morgan fingerprint density at radius 1 is 1.12 bits per heavy atom. The van der Waals surface area contributed by atoms with Gasteiger partial charge in [0.2, 0.25) is 0 Å². The summed E-state index contributed by atoms with van der Waals surface area (Å²) in [6.07, 6.45) is 3.41. The van der Waals surface area contributed by atoms with Gasteiger partial charge in [0.05, 0.1) is 18.6 Å². The number of carbonyl (C=O) groups is 1. The van der Waals surface area contributed by atoms with Crippen LogP contribution < -0.4 is 0 Å². The molecule has 0 bridgehead atoms. The molecule has 4 aliphatic rings. The van der Waals surface area contributed by atoms with Crippen LogP contribution in [0.3, 0.4) is 0 Å². The summed E-state index contributed by atoms with van der Waals surface area (Å²) in [4.78, 5) is 12.2. The molecule has 194 valence electrons. The Bertz CT molecular complexity index is 798. The molecular formula is C26H42O8. The van der Waals surface area contributed by atoms with Crippen LogP contribution in [0.4, 0.5) is 0 Å². The smallest absolute Gasteiger partial charge is 0.309 e. The lowest BCUT2D eigenvalue weighted by molar-refractivity contribution is -0.302. The summed E-state index contributed by atoms with van der Waals surface area (Å²) in [5, 5.41) is 49.5. The molecule has 8 heteroatoms. The number of carboxylic acids is 1. The average Bonchev–Trinajstić information content (AvgIpc) is 2.78. The highest BCUT2D eigenvalue weighted by Crippen LogP contribution is 2.64. The third kappa shape index (κ3) is 4.35. The van der Waals surface area contributed by atoms with Gasteiger partial charge in [-0.25, -0.2) is 0 Å². The maximum Gasteiger partial charge on any atom is 0.309 e. The van der Waals surface area contributed by atoms with Crippen LogP contribution in [0, 0.1) is 28.1 Å². The molecule has 5 N–H and O–H groups in total. The number of aliphatic hydroxyl groups excluding tert-OH is 4. The lowest BCUT2D eigenvalue weighted by atomic mass is 9.45. The highest BCUT2D eigenvalue weighted by molar-refractivity contribution is 5.75. The Balaban J connectivity index is 1.39. The number of hydrogen-bond donors (Lipinski definition) is 5. The van der Waals surface area contributed by atoms with Crippen molar-refractivity contribution in [3.05, 3.63) is 11.6 Å². The van der Waals surface area contributed by atoms with Crippen molar-refractivity contribution in [1.82, 2.24) is 0 Å². The fraction of sp³-hybridized carbons (Fsp3) is 0.885. The molecule has 0 aromatic carbocycles. The molecule has 4 rings (SSSR count). The highest BCUT2D eigenvalue weighted by Gasteiger charge is 2.58. The van der Waals surface area contributed by atoms with Crippen LogP contribution >= 0.6 is 0 Å². The van der Waals surface area contributed by atoms with Gasteiger partial charge in [-0.15, -0.1) is 0 Å². The summed E-state index contributed by atoms with van der Waals surface area (Å²) >= 11 is 0. The first-order valence-electron chi connectivity index (χ1n) is 12.8. The van der Waals surface area contributed by atoms with Gasteiger partial charge < -0.3 is 35.0 Å². The Labute approximate surface area is 202 Å². The van der Waals surface area contributed by atoms with Crippen molar-refractivity contribution >= 4 is 5.97 Å². The van der Waals surface area contributed by atoms with E-state index in [-0.39, 0.29) is 16.7 Å². The summed E-state index contributed by atoms with van der Waals surface area (Å²) in [5.41, 5.74) is 0.832. The monoisotopic (exact) mass is 482 g/mol. The maximum absolute atomic E-state index is 12.2. The van der Waals surface area contributed by atoms with Crippen LogP contribution in [0.1, 0.15) is 72.1 Å². The fourth-order valence-corrected chi connectivity index (χ4v) is 7.57. The molecule has 0 aromatic rings. The van der Waals surface area contributed by atoms with Crippen molar-refractivity contribution in [3.8, 4) is 0 Å². The molecule has 34 heavy (non-hydrogen) atoms. The summed E-state index contributed by atoms with van der Waals surface area (Å²) in [6, 6.07) is 0. The van der Waals surface area contributed by atoms with E-state index in [1.165, 1.54) is 5.57 Å². The topological polar surface area (TPSA) is 137 Å². The molecule has 1 aliphatic heterocycles. The zero-order chi connectivity index (χ0) is 24.9. The van der Waals surface area contributed by atoms with Crippen molar-refractivity contribution in [1.29, 1.82) is 0 Å². The number of hydrogen-bond acceptors (Lipinski definition) is 7. The average molecular weight is 483 g/mol. The molecule has 2 saturated carbocycles. The van der Waals surface area contributed by atoms with E-state index in [0.29, 0.717) is 12.5 Å². The summed E-state index contributed by atoms with van der Waals surface area (Å²) in [6.45, 7) is 6.37. The van der Waals surface area contributed by atoms with Gasteiger partial charge in [-0.3, -0.25) is 4.79 Å². The number of aliphatic hydroxyl groups is 4. The van der Waals surface area contributed by atoms with E-state index in [9.17, 15) is 30.3 Å². The molecule has 8 nitrogen and oxygen atoms in total. The number of allylic oxidation sites excluding steroid dienone is 2. The zero-order valence-corrected chi connectivity index (χ0v) is 20.7. The molecule has 3 fully saturated rings. The normalized spacial score (nSPS) is 49.0. The summed E-state index contributed by atoms with van der Waals surface area (Å²) in [7, 11) is 0. The van der Waals surface area contributed by atoms with Crippen LogP contribution in [-0.4, -0.2) is 75.4 Å². The van der Waals surface area contributed by atoms with Gasteiger partial charge in [0.1, 0.15) is 24.4 Å². The molecule has 0 radical (unpaired) electrons. The van der Waals surface area contributed by atoms with Crippen molar-refractivity contribution in [2.45, 2.75) is 103 Å². The van der Waals surface area contributed by atoms with E-state index < -0.39 is 48.7 Å². The third-order valence-corrected chi connectivity index (χ3v) is 9.83. The predicted octanol–water partition coefficient (Wildman–Crippen LogP) is 2.23. The quantitative estimate of drug-likeness (QED) is 0.364. The van der Waals surface area contributed by atoms with Gasteiger partial charge >= 0.3 is 5.97 Å². The van der Waals surface area contributed by atoms with E-state index in [0.717, 1.165) is 51.4 Å². The van der Waals surface area contributed by atoms with E-state index in [2.05, 4.69) is 19.9 Å². The zero-order valence-electron chi connectivity index (χ0n) is 20.7. The molecule has 1 saturated heterocycles. The van der Waals surface area contributed by atoms with Gasteiger partial charge in [0, 0.05) is 0 Å². The largest absolute Gasteiger partial charge is 0.481 e. The number of carboxylic acid groups (broad SMARTS) is 1. The Morgan fingerprint density at radius 2 is 1.85 bits per heavy atom. The summed E-state index contributed by atoms with van der Waals surface area (Å²) in [5.74, 6) is -0.0743. The molecule has 10 atom stereocenters. The molecular weight excluding hydrogens is 440 g/mol. The maximum atomic E-state index is 12.2. The Kier molecular flexibility index (Phi) is 7.24. The van der Waals surface area contributed by atoms with Crippen LogP contribution in [0.15, 0.2) is 11.6 Å². The molecule has 3 aliphatic carbocycles. The van der Waals surface area contributed by atoms with Gasteiger partial charge in [-0.05, 0) is 74.5 Å². The molecule has 0 amide bonds. The molecule has 0 aromatic heterocycles. The minimum Gasteiger partial charge on any atom is -0.481 e. The molecule has 1 heterocycles. The second kappa shape index (κ2) is 9.45. The van der Waals surface area contributed by atoms with Crippen LogP contribution in [0.2, 0.25) is 0 Å². The van der Waals surface area contributed by atoms with E-state index >= 15 is 0 Å². The van der Waals surface area contributed by atoms with Gasteiger partial charge in [-0.2, -0.15) is 0 Å². The van der Waals surface area contributed by atoms with Gasteiger partial charge in [0.25, 0.3) is 0 Å². The minimum atomic E-state index is -1.44.